The number of aryl methyl sites for hydroxylation is 1. The topological polar surface area (TPSA) is 39.7 Å². The Bertz CT molecular complexity index is 779. The summed E-state index contributed by atoms with van der Waals surface area (Å²) in [7, 11) is 5.43. The average molecular weight is 400 g/mol. The van der Waals surface area contributed by atoms with Crippen molar-refractivity contribution in [1.82, 2.24) is 5.32 Å². The molecule has 4 nitrogen and oxygen atoms in total. The normalized spacial score (nSPS) is 25.5. The fourth-order valence-corrected chi connectivity index (χ4v) is 4.91. The summed E-state index contributed by atoms with van der Waals surface area (Å²) in [4.78, 5) is 0. The Morgan fingerprint density at radius 2 is 1.86 bits per heavy atom. The van der Waals surface area contributed by atoms with Crippen LogP contribution in [0, 0.1) is 5.92 Å². The van der Waals surface area contributed by atoms with Crippen LogP contribution in [0.5, 0.6) is 11.5 Å². The van der Waals surface area contributed by atoms with E-state index in [9.17, 15) is 0 Å². The van der Waals surface area contributed by atoms with Gasteiger partial charge in [-0.15, -0.1) is 0 Å². The van der Waals surface area contributed by atoms with Gasteiger partial charge in [0.2, 0.25) is 0 Å². The summed E-state index contributed by atoms with van der Waals surface area (Å²) in [5, 5.41) is 3.17. The molecule has 5 rings (SSSR count). The van der Waals surface area contributed by atoms with Crippen molar-refractivity contribution >= 4 is 0 Å². The van der Waals surface area contributed by atoms with E-state index in [1.165, 1.54) is 42.5 Å². The predicted octanol–water partition coefficient (Wildman–Crippen LogP) is 5.16. The highest BCUT2D eigenvalue weighted by molar-refractivity contribution is 5.65. The molecule has 1 saturated carbocycles. The van der Waals surface area contributed by atoms with Crippen LogP contribution in [0.4, 0.5) is 0 Å². The Labute approximate surface area is 176 Å². The molecule has 0 bridgehead atoms. The first-order chi connectivity index (χ1) is 14.1. The average Bonchev–Trinajstić information content (AvgIpc) is 3.05. The van der Waals surface area contributed by atoms with Crippen molar-refractivity contribution in [1.29, 1.82) is 0 Å². The molecule has 2 unspecified atom stereocenters. The van der Waals surface area contributed by atoms with Crippen LogP contribution in [0.3, 0.4) is 0 Å². The first-order valence-electron chi connectivity index (χ1n) is 11.1. The molecule has 3 aliphatic carbocycles. The number of allylic oxidation sites excluding steroid dienone is 2. The van der Waals surface area contributed by atoms with Crippen molar-refractivity contribution in [2.75, 3.05) is 27.8 Å². The number of hydrogen-bond acceptors (Lipinski definition) is 4. The molecule has 4 heteroatoms. The van der Waals surface area contributed by atoms with Gasteiger partial charge in [0, 0.05) is 5.56 Å². The number of benzene rings is 1. The highest BCUT2D eigenvalue weighted by Crippen LogP contribution is 2.58. The van der Waals surface area contributed by atoms with Crippen LogP contribution in [-0.2, 0) is 16.6 Å². The van der Waals surface area contributed by atoms with E-state index in [1.54, 1.807) is 14.2 Å². The van der Waals surface area contributed by atoms with Gasteiger partial charge in [0.25, 0.3) is 0 Å². The van der Waals surface area contributed by atoms with E-state index in [2.05, 4.69) is 24.4 Å². The lowest BCUT2D eigenvalue weighted by Crippen LogP contribution is -2.42. The number of ether oxygens (including phenoxy) is 3. The smallest absolute Gasteiger partial charge is 0.169 e. The second kappa shape index (κ2) is 9.25. The van der Waals surface area contributed by atoms with Gasteiger partial charge in [-0.3, -0.25) is 0 Å². The van der Waals surface area contributed by atoms with Gasteiger partial charge >= 0.3 is 0 Å². The Kier molecular flexibility index (Phi) is 6.94. The monoisotopic (exact) mass is 399 g/mol. The van der Waals surface area contributed by atoms with E-state index in [4.69, 9.17) is 14.2 Å². The minimum Gasteiger partial charge on any atom is -0.497 e. The van der Waals surface area contributed by atoms with Crippen molar-refractivity contribution in [3.63, 3.8) is 0 Å². The number of rotatable bonds is 4. The van der Waals surface area contributed by atoms with Gasteiger partial charge in [0.05, 0.1) is 19.6 Å². The maximum absolute atomic E-state index is 6.27. The molecule has 1 aliphatic heterocycles. The number of methoxy groups -OCH3 is 2. The van der Waals surface area contributed by atoms with E-state index in [1.807, 2.05) is 33.0 Å². The first kappa shape index (κ1) is 21.8. The third-order valence-corrected chi connectivity index (χ3v) is 6.70. The highest BCUT2D eigenvalue weighted by Gasteiger charge is 2.54. The largest absolute Gasteiger partial charge is 0.497 e. The Morgan fingerprint density at radius 3 is 2.41 bits per heavy atom. The molecule has 160 valence electrons. The fourth-order valence-electron chi connectivity index (χ4n) is 4.91. The predicted molar refractivity (Wildman–Crippen MR) is 119 cm³/mol. The van der Waals surface area contributed by atoms with Crippen molar-refractivity contribution in [3.05, 3.63) is 46.7 Å². The molecular weight excluding hydrogens is 362 g/mol. The zero-order valence-corrected chi connectivity index (χ0v) is 18.9. The molecule has 29 heavy (non-hydrogen) atoms. The summed E-state index contributed by atoms with van der Waals surface area (Å²) in [5.74, 6) is 3.62. The van der Waals surface area contributed by atoms with Gasteiger partial charge in [0.1, 0.15) is 5.76 Å². The van der Waals surface area contributed by atoms with Crippen LogP contribution in [0.1, 0.15) is 57.6 Å². The van der Waals surface area contributed by atoms with Gasteiger partial charge in [-0.25, -0.2) is 0 Å². The second-order valence-electron chi connectivity index (χ2n) is 8.15. The Hall–Kier alpha value is -1.94. The fraction of sp³-hybridized carbons (Fsp3) is 0.600. The molecule has 0 spiro atoms. The van der Waals surface area contributed by atoms with E-state index in [0.29, 0.717) is 0 Å². The summed E-state index contributed by atoms with van der Waals surface area (Å²) in [6, 6.07) is 4.19. The van der Waals surface area contributed by atoms with Gasteiger partial charge in [-0.05, 0) is 69.8 Å². The second-order valence-corrected chi connectivity index (χ2v) is 8.15. The standard InChI is InChI=1S/C17H18O3.C6H13N.C2H6/c1-17-11-6-4-10-5-8-12(18-2)15(14(10)17)20-16(17)13(19-3)9-7-11;1-7-5-6-3-2-4-6;1-2/h5,7-9,16H,4,6H2,1-3H3;6-7H,2-5H2,1H3;1-2H3. The quantitative estimate of drug-likeness (QED) is 0.759. The third-order valence-electron chi connectivity index (χ3n) is 6.70. The molecule has 0 aromatic heterocycles. The van der Waals surface area contributed by atoms with Crippen LogP contribution in [0.25, 0.3) is 0 Å². The van der Waals surface area contributed by atoms with Gasteiger partial charge in [0.15, 0.2) is 17.6 Å². The van der Waals surface area contributed by atoms with Crippen LogP contribution >= 0.6 is 0 Å². The minimum absolute atomic E-state index is 0.0714. The van der Waals surface area contributed by atoms with Crippen molar-refractivity contribution in [3.8, 4) is 11.5 Å². The lowest BCUT2D eigenvalue weighted by atomic mass is 9.64. The molecule has 1 heterocycles. The minimum atomic E-state index is -0.114. The van der Waals surface area contributed by atoms with Crippen molar-refractivity contribution in [2.24, 2.45) is 5.92 Å². The van der Waals surface area contributed by atoms with Crippen LogP contribution < -0.4 is 14.8 Å². The molecule has 1 aromatic rings. The van der Waals surface area contributed by atoms with Crippen molar-refractivity contribution in [2.45, 2.75) is 64.4 Å². The maximum atomic E-state index is 6.27. The lowest BCUT2D eigenvalue weighted by Gasteiger charge is -2.39. The van der Waals surface area contributed by atoms with Crippen LogP contribution in [0.15, 0.2) is 35.6 Å². The SMILES string of the molecule is CC.CNCC1CCC1.COC1=CC=C2CCc3ccc(OC)c4c3C2(C)C1O4. The van der Waals surface area contributed by atoms with Gasteiger partial charge < -0.3 is 19.5 Å². The summed E-state index contributed by atoms with van der Waals surface area (Å²) < 4.78 is 17.3. The molecule has 0 amide bonds. The summed E-state index contributed by atoms with van der Waals surface area (Å²) in [5.41, 5.74) is 3.99. The molecule has 1 N–H and O–H groups in total. The lowest BCUT2D eigenvalue weighted by molar-refractivity contribution is 0.120. The number of nitrogens with one attached hydrogen (secondary N) is 1. The molecule has 1 fully saturated rings. The summed E-state index contributed by atoms with van der Waals surface area (Å²) in [6.07, 6.45) is 10.7. The van der Waals surface area contributed by atoms with Gasteiger partial charge in [-0.2, -0.15) is 0 Å². The van der Waals surface area contributed by atoms with E-state index >= 15 is 0 Å². The summed E-state index contributed by atoms with van der Waals surface area (Å²) >= 11 is 0. The molecule has 4 aliphatic rings. The molecular formula is C25H37NO3. The molecule has 0 saturated heterocycles. The zero-order valence-electron chi connectivity index (χ0n) is 18.9. The first-order valence-corrected chi connectivity index (χ1v) is 11.1. The van der Waals surface area contributed by atoms with E-state index in [-0.39, 0.29) is 11.5 Å². The number of hydrogen-bond donors (Lipinski definition) is 1. The van der Waals surface area contributed by atoms with Crippen LogP contribution in [-0.4, -0.2) is 33.9 Å². The van der Waals surface area contributed by atoms with E-state index < -0.39 is 0 Å². The summed E-state index contributed by atoms with van der Waals surface area (Å²) in [6.45, 7) is 7.50. The van der Waals surface area contributed by atoms with Gasteiger partial charge in [-0.1, -0.05) is 38.0 Å². The Morgan fingerprint density at radius 1 is 1.10 bits per heavy atom. The Balaban J connectivity index is 0.000000226. The highest BCUT2D eigenvalue weighted by atomic mass is 16.6. The van der Waals surface area contributed by atoms with Crippen molar-refractivity contribution < 1.29 is 14.2 Å². The molecule has 0 radical (unpaired) electrons. The maximum Gasteiger partial charge on any atom is 0.169 e. The molecule has 2 atom stereocenters. The van der Waals surface area contributed by atoms with Crippen LogP contribution in [0.2, 0.25) is 0 Å². The molecule has 1 aromatic carbocycles. The zero-order chi connectivity index (χ0) is 21.0. The third kappa shape index (κ3) is 3.68. The van der Waals surface area contributed by atoms with E-state index in [0.717, 1.165) is 36.0 Å².